The molecule has 1 fully saturated rings. The molecule has 0 bridgehead atoms. The van der Waals surface area contributed by atoms with E-state index in [1.807, 2.05) is 27.7 Å². The Morgan fingerprint density at radius 3 is 2.44 bits per heavy atom. The number of ether oxygens (including phenoxy) is 1. The van der Waals surface area contributed by atoms with Gasteiger partial charge in [0.15, 0.2) is 0 Å². The van der Waals surface area contributed by atoms with Crippen LogP contribution in [0.2, 0.25) is 0 Å². The molecule has 0 radical (unpaired) electrons. The van der Waals surface area contributed by atoms with Gasteiger partial charge in [0.25, 0.3) is 6.43 Å². The van der Waals surface area contributed by atoms with Crippen LogP contribution in [-0.2, 0) is 4.74 Å². The summed E-state index contributed by atoms with van der Waals surface area (Å²) in [4.78, 5) is 15.2. The summed E-state index contributed by atoms with van der Waals surface area (Å²) >= 11 is 0. The van der Waals surface area contributed by atoms with Crippen LogP contribution in [0.25, 0.3) is 0 Å². The van der Waals surface area contributed by atoms with Crippen LogP contribution in [-0.4, -0.2) is 60.1 Å². The van der Waals surface area contributed by atoms with E-state index >= 15 is 0 Å². The molecular formula is C12H22F2N2O2. The number of carbonyl (C=O) groups is 1. The van der Waals surface area contributed by atoms with E-state index in [1.165, 1.54) is 0 Å². The van der Waals surface area contributed by atoms with E-state index in [4.69, 9.17) is 4.74 Å². The van der Waals surface area contributed by atoms with Gasteiger partial charge in [0, 0.05) is 25.7 Å². The summed E-state index contributed by atoms with van der Waals surface area (Å²) in [6, 6.07) is -0.104. The van der Waals surface area contributed by atoms with Crippen molar-refractivity contribution in [1.82, 2.24) is 9.80 Å². The lowest BCUT2D eigenvalue weighted by atomic mass is 10.2. The van der Waals surface area contributed by atoms with Crippen LogP contribution in [0.4, 0.5) is 13.6 Å². The molecule has 1 rings (SSSR count). The summed E-state index contributed by atoms with van der Waals surface area (Å²) in [7, 11) is 0. The van der Waals surface area contributed by atoms with Crippen molar-refractivity contribution in [2.45, 2.75) is 45.8 Å². The second-order valence-corrected chi connectivity index (χ2v) is 5.67. The summed E-state index contributed by atoms with van der Waals surface area (Å²) in [5.41, 5.74) is -0.531. The summed E-state index contributed by atoms with van der Waals surface area (Å²) in [5.74, 6) is 0. The highest BCUT2D eigenvalue weighted by atomic mass is 19.3. The fourth-order valence-corrected chi connectivity index (χ4v) is 1.99. The van der Waals surface area contributed by atoms with Crippen LogP contribution in [0.1, 0.15) is 27.7 Å². The first-order chi connectivity index (χ1) is 8.19. The summed E-state index contributed by atoms with van der Waals surface area (Å²) in [6.45, 7) is 8.40. The highest BCUT2D eigenvalue weighted by molar-refractivity contribution is 5.68. The first-order valence-corrected chi connectivity index (χ1v) is 6.19. The zero-order chi connectivity index (χ0) is 13.9. The van der Waals surface area contributed by atoms with Crippen LogP contribution in [0.3, 0.4) is 0 Å². The third kappa shape index (κ3) is 4.76. The van der Waals surface area contributed by atoms with E-state index < -0.39 is 12.0 Å². The second-order valence-electron chi connectivity index (χ2n) is 5.67. The molecule has 4 nitrogen and oxygen atoms in total. The summed E-state index contributed by atoms with van der Waals surface area (Å²) in [6.07, 6.45) is -2.70. The minimum Gasteiger partial charge on any atom is -0.444 e. The van der Waals surface area contributed by atoms with Gasteiger partial charge in [0.05, 0.1) is 6.54 Å². The first kappa shape index (κ1) is 15.1. The van der Waals surface area contributed by atoms with Gasteiger partial charge in [0.2, 0.25) is 0 Å². The van der Waals surface area contributed by atoms with Crippen molar-refractivity contribution in [3.8, 4) is 0 Å². The van der Waals surface area contributed by atoms with Gasteiger partial charge in [-0.2, -0.15) is 0 Å². The maximum absolute atomic E-state index is 12.3. The van der Waals surface area contributed by atoms with Gasteiger partial charge in [-0.1, -0.05) is 0 Å². The Hall–Kier alpha value is -0.910. The highest BCUT2D eigenvalue weighted by Crippen LogP contribution is 2.16. The number of piperazine rings is 1. The first-order valence-electron chi connectivity index (χ1n) is 6.19. The number of carbonyl (C=O) groups excluding carboxylic acids is 1. The molecule has 0 spiro atoms. The average molecular weight is 264 g/mol. The molecule has 0 saturated carbocycles. The molecule has 6 heteroatoms. The monoisotopic (exact) mass is 264 g/mol. The molecule has 106 valence electrons. The summed E-state index contributed by atoms with van der Waals surface area (Å²) in [5, 5.41) is 0. The van der Waals surface area contributed by atoms with Gasteiger partial charge in [-0.25, -0.2) is 13.6 Å². The highest BCUT2D eigenvalue weighted by Gasteiger charge is 2.31. The quantitative estimate of drug-likeness (QED) is 0.766. The van der Waals surface area contributed by atoms with Crippen LogP contribution in [0.5, 0.6) is 0 Å². The summed E-state index contributed by atoms with van der Waals surface area (Å²) < 4.78 is 29.8. The van der Waals surface area contributed by atoms with E-state index in [9.17, 15) is 13.6 Å². The fourth-order valence-electron chi connectivity index (χ4n) is 1.99. The fraction of sp³-hybridized carbons (Fsp3) is 0.917. The average Bonchev–Trinajstić information content (AvgIpc) is 2.13. The van der Waals surface area contributed by atoms with Crippen molar-refractivity contribution in [3.05, 3.63) is 0 Å². The van der Waals surface area contributed by atoms with Crippen LogP contribution < -0.4 is 0 Å². The Morgan fingerprint density at radius 1 is 1.39 bits per heavy atom. The third-order valence-corrected chi connectivity index (χ3v) is 2.74. The van der Waals surface area contributed by atoms with Crippen molar-refractivity contribution in [3.63, 3.8) is 0 Å². The van der Waals surface area contributed by atoms with Gasteiger partial charge in [-0.3, -0.25) is 4.90 Å². The molecule has 1 heterocycles. The lowest BCUT2D eigenvalue weighted by Gasteiger charge is -2.40. The van der Waals surface area contributed by atoms with Crippen molar-refractivity contribution < 1.29 is 18.3 Å². The largest absolute Gasteiger partial charge is 0.444 e. The van der Waals surface area contributed by atoms with Gasteiger partial charge >= 0.3 is 6.09 Å². The Labute approximate surface area is 107 Å². The molecule has 0 N–H and O–H groups in total. The van der Waals surface area contributed by atoms with Crippen molar-refractivity contribution in [1.29, 1.82) is 0 Å². The zero-order valence-electron chi connectivity index (χ0n) is 11.4. The predicted octanol–water partition coefficient (Wildman–Crippen LogP) is 2.19. The zero-order valence-corrected chi connectivity index (χ0v) is 11.4. The third-order valence-electron chi connectivity index (χ3n) is 2.74. The molecule has 0 aliphatic carbocycles. The predicted molar refractivity (Wildman–Crippen MR) is 64.8 cm³/mol. The minimum atomic E-state index is -2.33. The second kappa shape index (κ2) is 5.82. The van der Waals surface area contributed by atoms with E-state index in [0.29, 0.717) is 19.6 Å². The Kier molecular flexibility index (Phi) is 4.90. The number of alkyl halides is 2. The molecule has 18 heavy (non-hydrogen) atoms. The van der Waals surface area contributed by atoms with Crippen molar-refractivity contribution in [2.24, 2.45) is 0 Å². The SMILES string of the molecule is C[C@@H]1CN(CC(F)F)CCN1C(=O)OC(C)(C)C. The van der Waals surface area contributed by atoms with Crippen LogP contribution in [0.15, 0.2) is 0 Å². The van der Waals surface area contributed by atoms with Gasteiger partial charge in [0.1, 0.15) is 5.60 Å². The number of amides is 1. The molecule has 0 unspecified atom stereocenters. The maximum Gasteiger partial charge on any atom is 0.410 e. The number of halogens is 2. The normalized spacial score (nSPS) is 22.4. The standard InChI is InChI=1S/C12H22F2N2O2/c1-9-7-15(8-10(13)14)5-6-16(9)11(17)18-12(2,3)4/h9-10H,5-8H2,1-4H3/t9-/m1/s1. The molecule has 0 aromatic carbocycles. The molecule has 1 saturated heterocycles. The van der Waals surface area contributed by atoms with E-state index in [0.717, 1.165) is 0 Å². The molecule has 1 amide bonds. The van der Waals surface area contributed by atoms with Crippen LogP contribution in [0, 0.1) is 0 Å². The number of hydrogen-bond donors (Lipinski definition) is 0. The number of hydrogen-bond acceptors (Lipinski definition) is 3. The van der Waals surface area contributed by atoms with Crippen molar-refractivity contribution >= 4 is 6.09 Å². The Bertz CT molecular complexity index is 292. The molecular weight excluding hydrogens is 242 g/mol. The number of rotatable bonds is 2. The smallest absolute Gasteiger partial charge is 0.410 e. The lowest BCUT2D eigenvalue weighted by molar-refractivity contribution is -0.00655. The minimum absolute atomic E-state index is 0.104. The number of nitrogens with zero attached hydrogens (tertiary/aromatic N) is 2. The molecule has 1 aliphatic rings. The molecule has 1 atom stereocenters. The Balaban J connectivity index is 2.49. The van der Waals surface area contributed by atoms with Gasteiger partial charge in [-0.05, 0) is 27.7 Å². The van der Waals surface area contributed by atoms with Crippen molar-refractivity contribution in [2.75, 3.05) is 26.2 Å². The molecule has 1 aliphatic heterocycles. The van der Waals surface area contributed by atoms with E-state index in [2.05, 4.69) is 0 Å². The van der Waals surface area contributed by atoms with Gasteiger partial charge in [-0.15, -0.1) is 0 Å². The van der Waals surface area contributed by atoms with E-state index in [1.54, 1.807) is 9.80 Å². The Morgan fingerprint density at radius 2 is 2.00 bits per heavy atom. The van der Waals surface area contributed by atoms with Gasteiger partial charge < -0.3 is 9.64 Å². The molecule has 0 aromatic heterocycles. The maximum atomic E-state index is 12.3. The van der Waals surface area contributed by atoms with Crippen LogP contribution >= 0.6 is 0 Å². The van der Waals surface area contributed by atoms with E-state index in [-0.39, 0.29) is 18.7 Å². The lowest BCUT2D eigenvalue weighted by Crippen LogP contribution is -2.55. The topological polar surface area (TPSA) is 32.8 Å². The molecule has 0 aromatic rings.